The predicted molar refractivity (Wildman–Crippen MR) is 142 cm³/mol. The SMILES string of the molecule is C.C=CCNc1nc(N)nc2c1ncn2CCOCP(=O)(NC(C)C(=O)OCC)NC(C)C(=O)OCC. The molecule has 0 amide bonds. The minimum Gasteiger partial charge on any atom is -0.465 e. The van der Waals surface area contributed by atoms with Gasteiger partial charge in [-0.3, -0.25) is 14.2 Å². The molecule has 0 aliphatic carbocycles. The third-order valence-corrected chi connectivity index (χ3v) is 6.88. The maximum absolute atomic E-state index is 13.6. The number of nitrogens with two attached hydrogens (primary N) is 1. The fraction of sp³-hybridized carbons (Fsp3) is 0.591. The zero-order valence-electron chi connectivity index (χ0n) is 21.0. The van der Waals surface area contributed by atoms with E-state index in [1.807, 2.05) is 0 Å². The molecule has 0 fully saturated rings. The lowest BCUT2D eigenvalue weighted by atomic mass is 10.4. The second-order valence-corrected chi connectivity index (χ2v) is 9.95. The van der Waals surface area contributed by atoms with Crippen LogP contribution in [0.25, 0.3) is 11.2 Å². The Morgan fingerprint density at radius 2 is 1.76 bits per heavy atom. The van der Waals surface area contributed by atoms with Gasteiger partial charge in [0.2, 0.25) is 13.4 Å². The molecular weight excluding hydrogens is 503 g/mol. The average Bonchev–Trinajstić information content (AvgIpc) is 3.23. The molecule has 0 aliphatic rings. The van der Waals surface area contributed by atoms with Gasteiger partial charge >= 0.3 is 11.9 Å². The van der Waals surface area contributed by atoms with Crippen molar-refractivity contribution < 1.29 is 28.4 Å². The number of imidazole rings is 1. The van der Waals surface area contributed by atoms with Crippen molar-refractivity contribution in [2.75, 3.05) is 43.8 Å². The monoisotopic (exact) mass is 542 g/mol. The highest BCUT2D eigenvalue weighted by Crippen LogP contribution is 2.37. The highest BCUT2D eigenvalue weighted by Gasteiger charge is 2.32. The Morgan fingerprint density at radius 1 is 1.16 bits per heavy atom. The lowest BCUT2D eigenvalue weighted by molar-refractivity contribution is -0.145. The lowest BCUT2D eigenvalue weighted by Gasteiger charge is -2.26. The molecule has 2 aromatic heterocycles. The van der Waals surface area contributed by atoms with Crippen molar-refractivity contribution in [1.29, 1.82) is 0 Å². The van der Waals surface area contributed by atoms with Crippen molar-refractivity contribution >= 4 is 42.3 Å². The number of nitrogens with one attached hydrogen (secondary N) is 3. The zero-order valence-corrected chi connectivity index (χ0v) is 21.9. The van der Waals surface area contributed by atoms with Crippen molar-refractivity contribution in [1.82, 2.24) is 29.7 Å². The highest BCUT2D eigenvalue weighted by atomic mass is 31.2. The number of nitrogens with zero attached hydrogens (tertiary/aromatic N) is 4. The quantitative estimate of drug-likeness (QED) is 0.104. The number of aromatic nitrogens is 4. The molecule has 5 N–H and O–H groups in total. The molecule has 0 saturated heterocycles. The number of carbonyl (C=O) groups excluding carboxylic acids is 2. The van der Waals surface area contributed by atoms with E-state index in [0.717, 1.165) is 0 Å². The molecule has 2 unspecified atom stereocenters. The van der Waals surface area contributed by atoms with Crippen LogP contribution in [0.15, 0.2) is 19.0 Å². The number of rotatable bonds is 16. The smallest absolute Gasteiger partial charge is 0.323 e. The van der Waals surface area contributed by atoms with Gasteiger partial charge in [-0.2, -0.15) is 9.97 Å². The van der Waals surface area contributed by atoms with E-state index in [2.05, 4.69) is 37.0 Å². The predicted octanol–water partition coefficient (Wildman–Crippen LogP) is 1.89. The number of carbonyl (C=O) groups is 2. The van der Waals surface area contributed by atoms with Crippen LogP contribution in [0, 0.1) is 0 Å². The first-order valence-electron chi connectivity index (χ1n) is 11.5. The molecule has 0 saturated carbocycles. The second-order valence-electron chi connectivity index (χ2n) is 7.69. The first-order valence-corrected chi connectivity index (χ1v) is 13.4. The number of esters is 2. The van der Waals surface area contributed by atoms with Gasteiger partial charge in [0.1, 0.15) is 18.4 Å². The molecular formula is C22H39N8O6P. The highest BCUT2D eigenvalue weighted by molar-refractivity contribution is 7.59. The van der Waals surface area contributed by atoms with Crippen molar-refractivity contribution in [3.8, 4) is 0 Å². The van der Waals surface area contributed by atoms with E-state index >= 15 is 0 Å². The van der Waals surface area contributed by atoms with Gasteiger partial charge in [-0.25, -0.2) is 15.2 Å². The number of fused-ring (bicyclic) bond motifs is 1. The van der Waals surface area contributed by atoms with E-state index in [1.54, 1.807) is 30.8 Å². The van der Waals surface area contributed by atoms with Gasteiger partial charge in [0, 0.05) is 13.1 Å². The maximum atomic E-state index is 13.6. The number of hydrogen-bond acceptors (Lipinski definition) is 11. The summed E-state index contributed by atoms with van der Waals surface area (Å²) in [5.41, 5.74) is 6.87. The Morgan fingerprint density at radius 3 is 2.30 bits per heavy atom. The summed E-state index contributed by atoms with van der Waals surface area (Å²) < 4.78 is 30.9. The molecule has 37 heavy (non-hydrogen) atoms. The molecule has 15 heteroatoms. The Balaban J connectivity index is 0.00000684. The van der Waals surface area contributed by atoms with Crippen molar-refractivity contribution in [3.05, 3.63) is 19.0 Å². The number of hydrogen-bond donors (Lipinski definition) is 4. The molecule has 208 valence electrons. The van der Waals surface area contributed by atoms with Crippen LogP contribution in [0.5, 0.6) is 0 Å². The third-order valence-electron chi connectivity index (χ3n) is 4.73. The largest absolute Gasteiger partial charge is 0.465 e. The summed E-state index contributed by atoms with van der Waals surface area (Å²) >= 11 is 0. The number of ether oxygens (including phenoxy) is 3. The number of anilines is 2. The Kier molecular flexibility index (Phi) is 13.2. The summed E-state index contributed by atoms with van der Waals surface area (Å²) in [6.45, 7) is 11.3. The molecule has 0 aromatic carbocycles. The summed E-state index contributed by atoms with van der Waals surface area (Å²) in [5, 5.41) is 8.52. The Bertz CT molecular complexity index is 1060. The fourth-order valence-corrected chi connectivity index (χ4v) is 5.22. The van der Waals surface area contributed by atoms with E-state index in [1.165, 1.54) is 13.8 Å². The van der Waals surface area contributed by atoms with Gasteiger partial charge in [0.15, 0.2) is 17.0 Å². The van der Waals surface area contributed by atoms with Crippen molar-refractivity contribution in [2.24, 2.45) is 0 Å². The molecule has 2 heterocycles. The summed E-state index contributed by atoms with van der Waals surface area (Å²) in [6.07, 6.45) is 2.94. The molecule has 0 bridgehead atoms. The van der Waals surface area contributed by atoms with Gasteiger partial charge in [0.25, 0.3) is 0 Å². The summed E-state index contributed by atoms with van der Waals surface area (Å²) in [6, 6.07) is -1.81. The number of nitrogen functional groups attached to an aromatic ring is 1. The first kappa shape index (κ1) is 32.0. The summed E-state index contributed by atoms with van der Waals surface area (Å²) in [5.74, 6) is -0.593. The van der Waals surface area contributed by atoms with Crippen LogP contribution in [-0.4, -0.2) is 76.3 Å². The average molecular weight is 543 g/mol. The van der Waals surface area contributed by atoms with E-state index in [-0.39, 0.29) is 39.5 Å². The zero-order chi connectivity index (χ0) is 26.7. The summed E-state index contributed by atoms with van der Waals surface area (Å²) in [7, 11) is -3.58. The van der Waals surface area contributed by atoms with Gasteiger partial charge in [-0.1, -0.05) is 13.5 Å². The van der Waals surface area contributed by atoms with Crippen molar-refractivity contribution in [2.45, 2.75) is 53.8 Å². The molecule has 0 spiro atoms. The van der Waals surface area contributed by atoms with E-state index in [9.17, 15) is 14.2 Å². The summed E-state index contributed by atoms with van der Waals surface area (Å²) in [4.78, 5) is 36.9. The van der Waals surface area contributed by atoms with Gasteiger partial charge in [-0.05, 0) is 27.7 Å². The minimum atomic E-state index is -3.58. The van der Waals surface area contributed by atoms with Crippen molar-refractivity contribution in [3.63, 3.8) is 0 Å². The first-order chi connectivity index (χ1) is 17.1. The molecule has 2 rings (SSSR count). The molecule has 2 atom stereocenters. The van der Waals surface area contributed by atoms with E-state index < -0.39 is 31.5 Å². The Labute approximate surface area is 217 Å². The van der Waals surface area contributed by atoms with Crippen LogP contribution in [0.4, 0.5) is 11.8 Å². The van der Waals surface area contributed by atoms with E-state index in [0.29, 0.717) is 30.1 Å². The van der Waals surface area contributed by atoms with Gasteiger partial charge in [-0.15, -0.1) is 6.58 Å². The Hall–Kier alpha value is -3.06. The van der Waals surface area contributed by atoms with Gasteiger partial charge in [0.05, 0.1) is 26.1 Å². The van der Waals surface area contributed by atoms with Crippen LogP contribution in [-0.2, 0) is 34.9 Å². The minimum absolute atomic E-state index is 0. The second kappa shape index (κ2) is 15.3. The van der Waals surface area contributed by atoms with Crippen LogP contribution in [0.1, 0.15) is 35.1 Å². The standard InChI is InChI=1S/C21H35N8O6P.CH4/c1-6-9-23-17-16-18(26-21(22)25-17)29(12-24-16)10-11-33-13-36(32,27-14(4)19(30)34-7-2)28-15(5)20(31)35-8-3;/h6,12,14-15H,1,7-11,13H2,2-5H3,(H2,27,28,32)(H3,22,23,25,26);1H4. The topological polar surface area (TPSA) is 185 Å². The van der Waals surface area contributed by atoms with E-state index in [4.69, 9.17) is 19.9 Å². The molecule has 0 aliphatic heterocycles. The van der Waals surface area contributed by atoms with Crippen LogP contribution >= 0.6 is 7.44 Å². The van der Waals surface area contributed by atoms with Gasteiger partial charge < -0.3 is 29.8 Å². The van der Waals surface area contributed by atoms with Crippen LogP contribution < -0.4 is 21.2 Å². The fourth-order valence-electron chi connectivity index (χ4n) is 3.15. The lowest BCUT2D eigenvalue weighted by Crippen LogP contribution is -2.42. The third kappa shape index (κ3) is 9.39. The van der Waals surface area contributed by atoms with Crippen LogP contribution in [0.2, 0.25) is 0 Å². The molecule has 14 nitrogen and oxygen atoms in total. The van der Waals surface area contributed by atoms with Crippen LogP contribution in [0.3, 0.4) is 0 Å². The molecule has 2 aromatic rings. The maximum Gasteiger partial charge on any atom is 0.323 e. The normalized spacial score (nSPS) is 14.2. The molecule has 0 radical (unpaired) electrons.